The van der Waals surface area contributed by atoms with Crippen LogP contribution in [0.3, 0.4) is 0 Å². The summed E-state index contributed by atoms with van der Waals surface area (Å²) in [4.78, 5) is 20.6. The number of carbonyl (C=O) groups excluding carboxylic acids is 1. The number of thiophene rings is 1. The van der Waals surface area contributed by atoms with E-state index in [0.717, 1.165) is 22.4 Å². The van der Waals surface area contributed by atoms with Crippen LogP contribution in [0.2, 0.25) is 0 Å². The minimum Gasteiger partial charge on any atom is -0.320 e. The summed E-state index contributed by atoms with van der Waals surface area (Å²) in [6.07, 6.45) is 2.44. The monoisotopic (exact) mass is 306 g/mol. The van der Waals surface area contributed by atoms with Crippen molar-refractivity contribution in [2.24, 2.45) is 0 Å². The standard InChI is InChI=1S/C13H14N4OS2/c1-8-7-10-11(19-8)15-12(20-10)16-13(18)17(6-2-5-14)9-3-4-9/h7,9H,2-4,6H2,1H3,(H,15,16,18). The van der Waals surface area contributed by atoms with E-state index in [2.05, 4.69) is 22.4 Å². The smallest absolute Gasteiger partial charge is 0.320 e. The number of nitrogens with zero attached hydrogens (tertiary/aromatic N) is 3. The molecule has 7 heteroatoms. The Morgan fingerprint density at radius 2 is 2.40 bits per heavy atom. The van der Waals surface area contributed by atoms with Crippen LogP contribution in [0.4, 0.5) is 9.93 Å². The van der Waals surface area contributed by atoms with E-state index < -0.39 is 0 Å². The number of carbonyl (C=O) groups is 1. The van der Waals surface area contributed by atoms with Crippen LogP contribution < -0.4 is 5.32 Å². The number of hydrogen-bond acceptors (Lipinski definition) is 5. The number of aromatic nitrogens is 1. The molecule has 3 rings (SSSR count). The fourth-order valence-electron chi connectivity index (χ4n) is 2.07. The number of fused-ring (bicyclic) bond motifs is 1. The van der Waals surface area contributed by atoms with Gasteiger partial charge in [0, 0.05) is 17.5 Å². The maximum Gasteiger partial charge on any atom is 0.323 e. The summed E-state index contributed by atoms with van der Waals surface area (Å²) >= 11 is 3.13. The molecular formula is C13H14N4OS2. The summed E-state index contributed by atoms with van der Waals surface area (Å²) in [5.74, 6) is 0. The van der Waals surface area contributed by atoms with Crippen molar-refractivity contribution < 1.29 is 4.79 Å². The topological polar surface area (TPSA) is 69.0 Å². The first-order valence-corrected chi connectivity index (χ1v) is 8.12. The molecule has 2 amide bonds. The molecule has 2 aromatic heterocycles. The van der Waals surface area contributed by atoms with E-state index in [9.17, 15) is 4.79 Å². The molecule has 0 aliphatic heterocycles. The molecule has 1 aliphatic carbocycles. The first-order valence-electron chi connectivity index (χ1n) is 6.49. The van der Waals surface area contributed by atoms with E-state index in [1.54, 1.807) is 16.2 Å². The van der Waals surface area contributed by atoms with Gasteiger partial charge in [0.15, 0.2) is 5.13 Å². The molecule has 1 aliphatic rings. The van der Waals surface area contributed by atoms with Gasteiger partial charge >= 0.3 is 6.03 Å². The van der Waals surface area contributed by atoms with Crippen molar-refractivity contribution in [2.45, 2.75) is 32.2 Å². The van der Waals surface area contributed by atoms with Crippen LogP contribution in [0.15, 0.2) is 6.07 Å². The Hall–Kier alpha value is -1.65. The Labute approximate surface area is 124 Å². The van der Waals surface area contributed by atoms with Crippen LogP contribution >= 0.6 is 22.7 Å². The summed E-state index contributed by atoms with van der Waals surface area (Å²) < 4.78 is 1.11. The third kappa shape index (κ3) is 2.76. The zero-order chi connectivity index (χ0) is 14.1. The van der Waals surface area contributed by atoms with Gasteiger partial charge in [-0.3, -0.25) is 5.32 Å². The van der Waals surface area contributed by atoms with Gasteiger partial charge in [0.2, 0.25) is 0 Å². The van der Waals surface area contributed by atoms with Crippen molar-refractivity contribution in [3.8, 4) is 6.07 Å². The molecule has 104 valence electrons. The molecule has 0 atom stereocenters. The highest BCUT2D eigenvalue weighted by Gasteiger charge is 2.32. The second-order valence-electron chi connectivity index (χ2n) is 4.81. The van der Waals surface area contributed by atoms with E-state index >= 15 is 0 Å². The van der Waals surface area contributed by atoms with Crippen molar-refractivity contribution in [2.75, 3.05) is 11.9 Å². The van der Waals surface area contributed by atoms with Crippen molar-refractivity contribution in [3.05, 3.63) is 10.9 Å². The van der Waals surface area contributed by atoms with Crippen molar-refractivity contribution in [3.63, 3.8) is 0 Å². The lowest BCUT2D eigenvalue weighted by Crippen LogP contribution is -2.37. The number of rotatable bonds is 4. The van der Waals surface area contributed by atoms with Gasteiger partial charge in [-0.15, -0.1) is 11.3 Å². The van der Waals surface area contributed by atoms with Gasteiger partial charge in [0.25, 0.3) is 0 Å². The second kappa shape index (κ2) is 5.38. The lowest BCUT2D eigenvalue weighted by Gasteiger charge is -2.20. The van der Waals surface area contributed by atoms with Gasteiger partial charge in [-0.1, -0.05) is 11.3 Å². The minimum absolute atomic E-state index is 0.138. The number of anilines is 1. The molecule has 5 nitrogen and oxygen atoms in total. The van der Waals surface area contributed by atoms with Crippen molar-refractivity contribution in [1.29, 1.82) is 5.26 Å². The highest BCUT2D eigenvalue weighted by atomic mass is 32.1. The molecule has 1 fully saturated rings. The zero-order valence-electron chi connectivity index (χ0n) is 11.0. The van der Waals surface area contributed by atoms with Crippen LogP contribution in [0.25, 0.3) is 9.53 Å². The molecule has 0 spiro atoms. The SMILES string of the molecule is Cc1cc2sc(NC(=O)N(CCC#N)C3CC3)nc2s1. The normalized spacial score (nSPS) is 14.2. The number of hydrogen-bond donors (Lipinski definition) is 1. The highest BCUT2D eigenvalue weighted by Crippen LogP contribution is 2.33. The highest BCUT2D eigenvalue weighted by molar-refractivity contribution is 7.29. The first-order chi connectivity index (χ1) is 9.67. The average Bonchev–Trinajstić information content (AvgIpc) is 3.07. The van der Waals surface area contributed by atoms with Gasteiger partial charge in [0.05, 0.1) is 17.2 Å². The van der Waals surface area contributed by atoms with E-state index in [0.29, 0.717) is 24.1 Å². The molecule has 0 radical (unpaired) electrons. The largest absolute Gasteiger partial charge is 0.323 e. The third-order valence-electron chi connectivity index (χ3n) is 3.14. The molecule has 1 N–H and O–H groups in total. The Bertz CT molecular complexity index is 649. The average molecular weight is 306 g/mol. The summed E-state index contributed by atoms with van der Waals surface area (Å²) in [6, 6.07) is 4.33. The van der Waals surface area contributed by atoms with Gasteiger partial charge in [-0.2, -0.15) is 5.26 Å². The van der Waals surface area contributed by atoms with Gasteiger partial charge in [-0.05, 0) is 25.8 Å². The predicted molar refractivity (Wildman–Crippen MR) is 81.2 cm³/mol. The molecule has 0 unspecified atom stereocenters. The minimum atomic E-state index is -0.138. The molecule has 2 heterocycles. The van der Waals surface area contributed by atoms with E-state index in [1.807, 2.05) is 6.92 Å². The van der Waals surface area contributed by atoms with Crippen molar-refractivity contribution in [1.82, 2.24) is 9.88 Å². The van der Waals surface area contributed by atoms with Crippen LogP contribution in [0.1, 0.15) is 24.1 Å². The fourth-order valence-corrected chi connectivity index (χ4v) is 4.09. The molecule has 1 saturated carbocycles. The number of thiazole rings is 1. The Morgan fingerprint density at radius 3 is 3.05 bits per heavy atom. The van der Waals surface area contributed by atoms with E-state index in [4.69, 9.17) is 5.26 Å². The molecule has 0 bridgehead atoms. The Kier molecular flexibility index (Phi) is 3.59. The van der Waals surface area contributed by atoms with Gasteiger partial charge < -0.3 is 4.90 Å². The maximum absolute atomic E-state index is 12.2. The number of amides is 2. The van der Waals surface area contributed by atoms with Crippen LogP contribution in [-0.2, 0) is 0 Å². The van der Waals surface area contributed by atoms with E-state index in [1.165, 1.54) is 16.2 Å². The number of urea groups is 1. The van der Waals surface area contributed by atoms with E-state index in [-0.39, 0.29) is 6.03 Å². The lowest BCUT2D eigenvalue weighted by atomic mass is 10.4. The Morgan fingerprint density at radius 1 is 1.60 bits per heavy atom. The maximum atomic E-state index is 12.2. The number of aryl methyl sites for hydroxylation is 1. The first kappa shape index (κ1) is 13.3. The third-order valence-corrected chi connectivity index (χ3v) is 5.13. The molecule has 0 aromatic carbocycles. The quantitative estimate of drug-likeness (QED) is 0.938. The van der Waals surface area contributed by atoms with Gasteiger partial charge in [0.1, 0.15) is 4.83 Å². The zero-order valence-corrected chi connectivity index (χ0v) is 12.7. The fraction of sp³-hybridized carbons (Fsp3) is 0.462. The molecule has 2 aromatic rings. The summed E-state index contributed by atoms with van der Waals surface area (Å²) in [5, 5.41) is 12.2. The van der Waals surface area contributed by atoms with Crippen LogP contribution in [-0.4, -0.2) is 28.5 Å². The Balaban J connectivity index is 1.70. The van der Waals surface area contributed by atoms with Crippen LogP contribution in [0.5, 0.6) is 0 Å². The summed E-state index contributed by atoms with van der Waals surface area (Å²) in [7, 11) is 0. The van der Waals surface area contributed by atoms with Gasteiger partial charge in [-0.25, -0.2) is 9.78 Å². The molecular weight excluding hydrogens is 292 g/mol. The molecule has 0 saturated heterocycles. The molecule has 20 heavy (non-hydrogen) atoms. The lowest BCUT2D eigenvalue weighted by molar-refractivity contribution is 0.210. The predicted octanol–water partition coefficient (Wildman–Crippen LogP) is 3.58. The second-order valence-corrected chi connectivity index (χ2v) is 7.07. The van der Waals surface area contributed by atoms with Crippen LogP contribution in [0, 0.1) is 18.3 Å². The number of nitriles is 1. The van der Waals surface area contributed by atoms with Crippen molar-refractivity contribution >= 4 is 43.4 Å². The number of nitrogens with one attached hydrogen (secondary N) is 1. The summed E-state index contributed by atoms with van der Waals surface area (Å²) in [6.45, 7) is 2.54. The summed E-state index contributed by atoms with van der Waals surface area (Å²) in [5.41, 5.74) is 0.